The Morgan fingerprint density at radius 1 is 1.16 bits per heavy atom. The highest BCUT2D eigenvalue weighted by molar-refractivity contribution is 9.10. The molecule has 19 heavy (non-hydrogen) atoms. The topological polar surface area (TPSA) is 29.1 Å². The molecule has 2 aromatic carbocycles. The molecular weight excluding hydrogens is 377 g/mol. The normalized spacial score (nSPS) is 10.3. The van der Waals surface area contributed by atoms with Gasteiger partial charge in [-0.1, -0.05) is 12.1 Å². The number of aryl methyl sites for hydroxylation is 1. The van der Waals surface area contributed by atoms with Crippen LogP contribution in [0.15, 0.2) is 45.3 Å². The molecule has 0 bridgehead atoms. The Morgan fingerprint density at radius 3 is 2.58 bits per heavy atom. The van der Waals surface area contributed by atoms with Crippen molar-refractivity contribution in [3.05, 3.63) is 62.3 Å². The predicted octanol–water partition coefficient (Wildman–Crippen LogP) is 4.91. The number of halogens is 3. The minimum absolute atomic E-state index is 0.00171. The maximum Gasteiger partial charge on any atom is 0.258 e. The number of carbonyl (C=O) groups excluding carboxylic acids is 1. The summed E-state index contributed by atoms with van der Waals surface area (Å²) in [7, 11) is 0. The second kappa shape index (κ2) is 5.84. The van der Waals surface area contributed by atoms with Gasteiger partial charge in [-0.3, -0.25) is 4.79 Å². The van der Waals surface area contributed by atoms with Gasteiger partial charge in [0.15, 0.2) is 0 Å². The molecule has 1 amide bonds. The second-order valence-corrected chi connectivity index (χ2v) is 5.75. The molecule has 0 spiro atoms. The van der Waals surface area contributed by atoms with Gasteiger partial charge in [0.2, 0.25) is 0 Å². The van der Waals surface area contributed by atoms with Crippen molar-refractivity contribution >= 4 is 43.5 Å². The lowest BCUT2D eigenvalue weighted by Gasteiger charge is -2.09. The number of hydrogen-bond acceptors (Lipinski definition) is 1. The lowest BCUT2D eigenvalue weighted by molar-refractivity contribution is 0.102. The molecule has 0 saturated heterocycles. The SMILES string of the molecule is Cc1ccc(NC(=O)c2cccc(Br)c2F)c(Br)c1. The zero-order valence-corrected chi connectivity index (χ0v) is 13.2. The van der Waals surface area contributed by atoms with E-state index in [0.29, 0.717) is 5.69 Å². The first kappa shape index (κ1) is 14.2. The smallest absolute Gasteiger partial charge is 0.258 e. The molecule has 0 fully saturated rings. The van der Waals surface area contributed by atoms with Crippen LogP contribution in [0.3, 0.4) is 0 Å². The Kier molecular flexibility index (Phi) is 4.37. The van der Waals surface area contributed by atoms with E-state index >= 15 is 0 Å². The van der Waals surface area contributed by atoms with Gasteiger partial charge in [-0.05, 0) is 68.6 Å². The van der Waals surface area contributed by atoms with Gasteiger partial charge < -0.3 is 5.32 Å². The molecule has 0 aliphatic rings. The van der Waals surface area contributed by atoms with Crippen LogP contribution in [0.4, 0.5) is 10.1 Å². The summed E-state index contributed by atoms with van der Waals surface area (Å²) < 4.78 is 14.8. The van der Waals surface area contributed by atoms with Crippen LogP contribution in [-0.2, 0) is 0 Å². The average Bonchev–Trinajstić information content (AvgIpc) is 2.36. The summed E-state index contributed by atoms with van der Waals surface area (Å²) in [5.74, 6) is -1.05. The molecule has 0 aromatic heterocycles. The molecule has 2 nitrogen and oxygen atoms in total. The van der Waals surface area contributed by atoms with Gasteiger partial charge in [0.1, 0.15) is 5.82 Å². The zero-order chi connectivity index (χ0) is 14.0. The Bertz CT molecular complexity index is 643. The van der Waals surface area contributed by atoms with Crippen molar-refractivity contribution in [1.82, 2.24) is 0 Å². The van der Waals surface area contributed by atoms with Gasteiger partial charge in [-0.25, -0.2) is 4.39 Å². The highest BCUT2D eigenvalue weighted by atomic mass is 79.9. The Labute approximate surface area is 127 Å². The van der Waals surface area contributed by atoms with E-state index in [2.05, 4.69) is 37.2 Å². The number of rotatable bonds is 2. The highest BCUT2D eigenvalue weighted by Gasteiger charge is 2.14. The summed E-state index contributed by atoms with van der Waals surface area (Å²) in [6, 6.07) is 10.1. The number of hydrogen-bond donors (Lipinski definition) is 1. The fraction of sp³-hybridized carbons (Fsp3) is 0.0714. The number of benzene rings is 2. The lowest BCUT2D eigenvalue weighted by atomic mass is 10.2. The third-order valence-electron chi connectivity index (χ3n) is 2.57. The summed E-state index contributed by atoms with van der Waals surface area (Å²) in [4.78, 5) is 12.0. The highest BCUT2D eigenvalue weighted by Crippen LogP contribution is 2.25. The van der Waals surface area contributed by atoms with Crippen LogP contribution in [0.2, 0.25) is 0 Å². The van der Waals surface area contributed by atoms with E-state index in [1.54, 1.807) is 18.2 Å². The summed E-state index contributed by atoms with van der Waals surface area (Å²) >= 11 is 6.42. The van der Waals surface area contributed by atoms with Crippen molar-refractivity contribution in [2.45, 2.75) is 6.92 Å². The van der Waals surface area contributed by atoms with E-state index in [-0.39, 0.29) is 10.0 Å². The number of nitrogens with one attached hydrogen (secondary N) is 1. The standard InChI is InChI=1S/C14H10Br2FNO/c1-8-5-6-12(11(16)7-8)18-14(19)9-3-2-4-10(15)13(9)17/h2-7H,1H3,(H,18,19). The van der Waals surface area contributed by atoms with Crippen LogP contribution in [0, 0.1) is 12.7 Å². The second-order valence-electron chi connectivity index (χ2n) is 4.04. The fourth-order valence-electron chi connectivity index (χ4n) is 1.59. The molecule has 2 rings (SSSR count). The largest absolute Gasteiger partial charge is 0.321 e. The summed E-state index contributed by atoms with van der Waals surface area (Å²) in [6.45, 7) is 1.95. The molecule has 0 aliphatic heterocycles. The summed E-state index contributed by atoms with van der Waals surface area (Å²) in [6.07, 6.45) is 0. The minimum Gasteiger partial charge on any atom is -0.321 e. The maximum absolute atomic E-state index is 13.8. The van der Waals surface area contributed by atoms with Crippen LogP contribution in [0.5, 0.6) is 0 Å². The first-order valence-corrected chi connectivity index (χ1v) is 7.09. The lowest BCUT2D eigenvalue weighted by Crippen LogP contribution is -2.14. The van der Waals surface area contributed by atoms with Gasteiger partial charge in [0.05, 0.1) is 15.7 Å². The Balaban J connectivity index is 2.28. The molecule has 0 aliphatic carbocycles. The number of amides is 1. The minimum atomic E-state index is -0.566. The van der Waals surface area contributed by atoms with E-state index in [0.717, 1.165) is 10.0 Å². The summed E-state index contributed by atoms with van der Waals surface area (Å²) in [5, 5.41) is 2.68. The van der Waals surface area contributed by atoms with Gasteiger partial charge in [-0.15, -0.1) is 0 Å². The van der Waals surface area contributed by atoms with Crippen LogP contribution >= 0.6 is 31.9 Å². The molecular formula is C14H10Br2FNO. The van der Waals surface area contributed by atoms with Crippen LogP contribution in [0.25, 0.3) is 0 Å². The first-order valence-electron chi connectivity index (χ1n) is 5.50. The molecule has 0 heterocycles. The maximum atomic E-state index is 13.8. The van der Waals surface area contributed by atoms with Crippen molar-refractivity contribution in [2.75, 3.05) is 5.32 Å². The van der Waals surface area contributed by atoms with E-state index in [1.807, 2.05) is 19.1 Å². The Hall–Kier alpha value is -1.20. The summed E-state index contributed by atoms with van der Waals surface area (Å²) in [5.41, 5.74) is 1.68. The van der Waals surface area contributed by atoms with E-state index in [1.165, 1.54) is 6.07 Å². The number of carbonyl (C=O) groups is 1. The van der Waals surface area contributed by atoms with E-state index in [9.17, 15) is 9.18 Å². The molecule has 98 valence electrons. The molecule has 0 radical (unpaired) electrons. The molecule has 2 aromatic rings. The number of anilines is 1. The van der Waals surface area contributed by atoms with Crippen LogP contribution < -0.4 is 5.32 Å². The fourth-order valence-corrected chi connectivity index (χ4v) is 2.55. The molecule has 0 atom stereocenters. The predicted molar refractivity (Wildman–Crippen MR) is 80.9 cm³/mol. The van der Waals surface area contributed by atoms with Gasteiger partial charge in [0, 0.05) is 4.47 Å². The third-order valence-corrected chi connectivity index (χ3v) is 3.84. The molecule has 0 unspecified atom stereocenters. The van der Waals surface area contributed by atoms with Crippen LogP contribution in [-0.4, -0.2) is 5.91 Å². The van der Waals surface area contributed by atoms with Gasteiger partial charge in [-0.2, -0.15) is 0 Å². The van der Waals surface area contributed by atoms with Gasteiger partial charge >= 0.3 is 0 Å². The average molecular weight is 387 g/mol. The van der Waals surface area contributed by atoms with Crippen LogP contribution in [0.1, 0.15) is 15.9 Å². The van der Waals surface area contributed by atoms with Gasteiger partial charge in [0.25, 0.3) is 5.91 Å². The Morgan fingerprint density at radius 2 is 1.89 bits per heavy atom. The molecule has 0 saturated carbocycles. The van der Waals surface area contributed by atoms with Crippen molar-refractivity contribution < 1.29 is 9.18 Å². The van der Waals surface area contributed by atoms with Crippen molar-refractivity contribution in [2.24, 2.45) is 0 Å². The third kappa shape index (κ3) is 3.22. The molecule has 5 heteroatoms. The molecule has 1 N–H and O–H groups in total. The van der Waals surface area contributed by atoms with E-state index < -0.39 is 11.7 Å². The first-order chi connectivity index (χ1) is 8.99. The zero-order valence-electron chi connectivity index (χ0n) is 10.0. The van der Waals surface area contributed by atoms with E-state index in [4.69, 9.17) is 0 Å². The monoisotopic (exact) mass is 385 g/mol. The van der Waals surface area contributed by atoms with Crippen molar-refractivity contribution in [1.29, 1.82) is 0 Å². The van der Waals surface area contributed by atoms with Crippen molar-refractivity contribution in [3.63, 3.8) is 0 Å². The quantitative estimate of drug-likeness (QED) is 0.780. The van der Waals surface area contributed by atoms with Crippen molar-refractivity contribution in [3.8, 4) is 0 Å².